The zero-order valence-corrected chi connectivity index (χ0v) is 24.0. The normalized spacial score (nSPS) is 23.8. The summed E-state index contributed by atoms with van der Waals surface area (Å²) < 4.78 is 2.50. The van der Waals surface area contributed by atoms with Crippen molar-refractivity contribution in [2.75, 3.05) is 13.1 Å². The molecule has 0 amide bonds. The Morgan fingerprint density at radius 2 is 1.55 bits per heavy atom. The molecule has 0 bridgehead atoms. The third-order valence-electron chi connectivity index (χ3n) is 7.71. The van der Waals surface area contributed by atoms with Gasteiger partial charge >= 0.3 is 0 Å². The standard InChI is InChI=1S/C26H37Br2NOSi/c1-18(2)31(19(3)4,20(5)6)25(28)22-23(27)24(29-14-10-11-15-29)26(22,17-30)16-21-12-8-7-9-13-21/h7-9,12-13,17-20H,10-11,14-16H2,1-6H3/b25-22+. The third kappa shape index (κ3) is 3.97. The Kier molecular flexibility index (Phi) is 7.80. The van der Waals surface area contributed by atoms with Crippen molar-refractivity contribution in [3.05, 3.63) is 55.8 Å². The highest BCUT2D eigenvalue weighted by Crippen LogP contribution is 2.62. The molecule has 1 aromatic carbocycles. The molecule has 1 aliphatic heterocycles. The molecule has 1 aromatic rings. The number of carbonyl (C=O) groups excluding carboxylic acids is 1. The highest BCUT2D eigenvalue weighted by atomic mass is 79.9. The predicted molar refractivity (Wildman–Crippen MR) is 142 cm³/mol. The van der Waals surface area contributed by atoms with Crippen molar-refractivity contribution >= 4 is 46.2 Å². The summed E-state index contributed by atoms with van der Waals surface area (Å²) in [5, 5.41) is 0. The maximum atomic E-state index is 13.1. The van der Waals surface area contributed by atoms with E-state index >= 15 is 0 Å². The van der Waals surface area contributed by atoms with Crippen molar-refractivity contribution in [3.8, 4) is 0 Å². The zero-order valence-electron chi connectivity index (χ0n) is 19.8. The van der Waals surface area contributed by atoms with Gasteiger partial charge in [-0.1, -0.05) is 87.8 Å². The van der Waals surface area contributed by atoms with Crippen molar-refractivity contribution in [3.63, 3.8) is 0 Å². The number of rotatable bonds is 8. The molecular formula is C26H37Br2NOSi. The summed E-state index contributed by atoms with van der Waals surface area (Å²) in [4.78, 5) is 15.5. The van der Waals surface area contributed by atoms with Crippen LogP contribution >= 0.6 is 31.9 Å². The average Bonchev–Trinajstić information content (AvgIpc) is 3.21. The summed E-state index contributed by atoms with van der Waals surface area (Å²) in [7, 11) is -1.94. The van der Waals surface area contributed by atoms with E-state index in [1.807, 2.05) is 6.07 Å². The van der Waals surface area contributed by atoms with Crippen LogP contribution < -0.4 is 0 Å². The Labute approximate surface area is 206 Å². The minimum Gasteiger partial charge on any atom is -0.373 e. The van der Waals surface area contributed by atoms with Crippen LogP contribution in [-0.4, -0.2) is 32.3 Å². The van der Waals surface area contributed by atoms with Gasteiger partial charge in [0.05, 0.1) is 5.41 Å². The number of carbonyl (C=O) groups is 1. The SMILES string of the molecule is CC(C)[Si](/C(Br)=C1\C(Br)=C(N2CCCC2)C1(C=O)Cc1ccccc1)(C(C)C)C(C)C. The summed E-state index contributed by atoms with van der Waals surface area (Å²) in [6, 6.07) is 10.5. The summed E-state index contributed by atoms with van der Waals surface area (Å²) in [5.41, 5.74) is 4.78. The van der Waals surface area contributed by atoms with Gasteiger partial charge in [-0.05, 0) is 67.1 Å². The molecule has 1 aliphatic carbocycles. The highest BCUT2D eigenvalue weighted by molar-refractivity contribution is 9.13. The summed E-state index contributed by atoms with van der Waals surface area (Å²) >= 11 is 8.17. The van der Waals surface area contributed by atoms with Crippen LogP contribution in [0.4, 0.5) is 0 Å². The van der Waals surface area contributed by atoms with Crippen molar-refractivity contribution in [1.82, 2.24) is 4.90 Å². The fourth-order valence-corrected chi connectivity index (χ4v) is 19.0. The fourth-order valence-electron chi connectivity index (χ4n) is 6.44. The molecular weight excluding hydrogens is 530 g/mol. The van der Waals surface area contributed by atoms with E-state index in [1.165, 1.54) is 40.1 Å². The van der Waals surface area contributed by atoms with Gasteiger partial charge in [0, 0.05) is 23.3 Å². The molecule has 1 atom stereocenters. The molecule has 5 heteroatoms. The molecule has 1 saturated heterocycles. The van der Waals surface area contributed by atoms with E-state index in [0.29, 0.717) is 16.6 Å². The van der Waals surface area contributed by atoms with E-state index in [-0.39, 0.29) is 0 Å². The van der Waals surface area contributed by atoms with Gasteiger partial charge in [0.25, 0.3) is 0 Å². The second kappa shape index (κ2) is 9.68. The van der Waals surface area contributed by atoms with Gasteiger partial charge in [0.1, 0.15) is 14.4 Å². The Bertz CT molecular complexity index is 847. The van der Waals surface area contributed by atoms with Crippen molar-refractivity contribution in [2.24, 2.45) is 5.41 Å². The van der Waals surface area contributed by atoms with E-state index in [0.717, 1.165) is 24.0 Å². The van der Waals surface area contributed by atoms with Gasteiger partial charge in [0.15, 0.2) is 0 Å². The second-order valence-electron chi connectivity index (χ2n) is 10.2. The number of halogens is 2. The Morgan fingerprint density at radius 1 is 1.03 bits per heavy atom. The third-order valence-corrected chi connectivity index (χ3v) is 17.7. The smallest absolute Gasteiger partial charge is 0.136 e. The molecule has 0 saturated carbocycles. The monoisotopic (exact) mass is 565 g/mol. The van der Waals surface area contributed by atoms with Gasteiger partial charge < -0.3 is 9.69 Å². The van der Waals surface area contributed by atoms with E-state index in [9.17, 15) is 4.79 Å². The molecule has 3 rings (SSSR count). The molecule has 170 valence electrons. The molecule has 0 aromatic heterocycles. The lowest BCUT2D eigenvalue weighted by molar-refractivity contribution is -0.114. The van der Waals surface area contributed by atoms with Crippen molar-refractivity contribution in [1.29, 1.82) is 0 Å². The number of aldehydes is 1. The minimum atomic E-state index is -1.94. The average molecular weight is 567 g/mol. The number of hydrogen-bond donors (Lipinski definition) is 0. The van der Waals surface area contributed by atoms with Gasteiger partial charge in [-0.3, -0.25) is 0 Å². The molecule has 0 spiro atoms. The predicted octanol–water partition coefficient (Wildman–Crippen LogP) is 8.00. The first-order valence-electron chi connectivity index (χ1n) is 11.7. The van der Waals surface area contributed by atoms with Crippen molar-refractivity contribution in [2.45, 2.75) is 77.4 Å². The second-order valence-corrected chi connectivity index (χ2v) is 18.3. The lowest BCUT2D eigenvalue weighted by Gasteiger charge is -2.52. The van der Waals surface area contributed by atoms with Crippen LogP contribution in [0.5, 0.6) is 0 Å². The highest BCUT2D eigenvalue weighted by Gasteiger charge is 2.57. The van der Waals surface area contributed by atoms with E-state index < -0.39 is 13.5 Å². The van der Waals surface area contributed by atoms with E-state index in [1.54, 1.807) is 0 Å². The zero-order chi connectivity index (χ0) is 23.0. The quantitative estimate of drug-likeness (QED) is 0.234. The first-order valence-corrected chi connectivity index (χ1v) is 15.5. The molecule has 2 aliphatic rings. The largest absolute Gasteiger partial charge is 0.373 e. The molecule has 0 N–H and O–H groups in total. The lowest BCUT2D eigenvalue weighted by atomic mass is 9.65. The van der Waals surface area contributed by atoms with Gasteiger partial charge in [-0.2, -0.15) is 0 Å². The molecule has 1 heterocycles. The van der Waals surface area contributed by atoms with Gasteiger partial charge in [-0.25, -0.2) is 0 Å². The number of nitrogens with zero attached hydrogens (tertiary/aromatic N) is 1. The molecule has 1 fully saturated rings. The molecule has 31 heavy (non-hydrogen) atoms. The van der Waals surface area contributed by atoms with Crippen LogP contribution in [0.1, 0.15) is 59.9 Å². The summed E-state index contributed by atoms with van der Waals surface area (Å²) in [5.74, 6) is 0. The number of benzene rings is 1. The van der Waals surface area contributed by atoms with Crippen LogP contribution in [-0.2, 0) is 11.2 Å². The molecule has 1 unspecified atom stereocenters. The molecule has 2 nitrogen and oxygen atoms in total. The van der Waals surface area contributed by atoms with Gasteiger partial charge in [0.2, 0.25) is 0 Å². The number of allylic oxidation sites excluding steroid dienone is 2. The topological polar surface area (TPSA) is 20.3 Å². The van der Waals surface area contributed by atoms with E-state index in [4.69, 9.17) is 0 Å². The Balaban J connectivity index is 2.28. The summed E-state index contributed by atoms with van der Waals surface area (Å²) in [6.07, 6.45) is 4.37. The number of hydrogen-bond acceptors (Lipinski definition) is 2. The maximum Gasteiger partial charge on any atom is 0.136 e. The first-order chi connectivity index (χ1) is 14.6. The maximum absolute atomic E-state index is 13.1. The lowest BCUT2D eigenvalue weighted by Crippen LogP contribution is -2.51. The Morgan fingerprint density at radius 3 is 2.00 bits per heavy atom. The Hall–Kier alpha value is -0.653. The van der Waals surface area contributed by atoms with E-state index in [2.05, 4.69) is 103 Å². The summed E-state index contributed by atoms with van der Waals surface area (Å²) in [6.45, 7) is 16.4. The van der Waals surface area contributed by atoms with Crippen LogP contribution in [0.25, 0.3) is 0 Å². The first kappa shape index (κ1) is 25.0. The minimum absolute atomic E-state index is 0.576. The van der Waals surface area contributed by atoms with Gasteiger partial charge in [-0.15, -0.1) is 0 Å². The van der Waals surface area contributed by atoms with Crippen LogP contribution in [0, 0.1) is 5.41 Å². The van der Waals surface area contributed by atoms with Crippen LogP contribution in [0.15, 0.2) is 50.2 Å². The van der Waals surface area contributed by atoms with Crippen LogP contribution in [0.2, 0.25) is 16.6 Å². The fraction of sp³-hybridized carbons (Fsp3) is 0.577. The molecule has 0 radical (unpaired) electrons. The van der Waals surface area contributed by atoms with Crippen molar-refractivity contribution < 1.29 is 4.79 Å². The number of likely N-dealkylation sites (tertiary alicyclic amines) is 1. The van der Waals surface area contributed by atoms with Crippen LogP contribution in [0.3, 0.4) is 0 Å².